The second-order valence-electron chi connectivity index (χ2n) is 5.65. The molecule has 2 heterocycles. The lowest BCUT2D eigenvalue weighted by Crippen LogP contribution is -2.15. The molecule has 2 aromatic heterocycles. The molecule has 3 rings (SSSR count). The van der Waals surface area contributed by atoms with Crippen molar-refractivity contribution in [3.8, 4) is 5.95 Å². The molecule has 1 atom stereocenters. The van der Waals surface area contributed by atoms with Gasteiger partial charge in [0.1, 0.15) is 0 Å². The SMILES string of the molecule is CCNc1nc(NC2CC2(C)C)nc(-n2cccn2)n1. The van der Waals surface area contributed by atoms with Gasteiger partial charge in [0.05, 0.1) is 0 Å². The number of anilines is 2. The molecule has 1 aliphatic rings. The molecule has 0 aromatic carbocycles. The Balaban J connectivity index is 1.89. The van der Waals surface area contributed by atoms with Gasteiger partial charge in [0.2, 0.25) is 11.9 Å². The molecule has 1 unspecified atom stereocenters. The van der Waals surface area contributed by atoms with Crippen LogP contribution in [-0.2, 0) is 0 Å². The van der Waals surface area contributed by atoms with E-state index >= 15 is 0 Å². The highest BCUT2D eigenvalue weighted by molar-refractivity contribution is 5.40. The van der Waals surface area contributed by atoms with Crippen LogP contribution in [0.3, 0.4) is 0 Å². The van der Waals surface area contributed by atoms with Gasteiger partial charge >= 0.3 is 0 Å². The van der Waals surface area contributed by atoms with Crippen molar-refractivity contribution in [1.29, 1.82) is 0 Å². The predicted molar refractivity (Wildman–Crippen MR) is 76.9 cm³/mol. The Labute approximate surface area is 117 Å². The van der Waals surface area contributed by atoms with Gasteiger partial charge in [-0.15, -0.1) is 0 Å². The van der Waals surface area contributed by atoms with E-state index in [4.69, 9.17) is 0 Å². The summed E-state index contributed by atoms with van der Waals surface area (Å²) < 4.78 is 1.63. The molecule has 0 radical (unpaired) electrons. The Kier molecular flexibility index (Phi) is 3.04. The molecule has 0 saturated heterocycles. The van der Waals surface area contributed by atoms with E-state index in [1.54, 1.807) is 10.9 Å². The van der Waals surface area contributed by atoms with Crippen molar-refractivity contribution in [1.82, 2.24) is 24.7 Å². The van der Waals surface area contributed by atoms with E-state index in [1.165, 1.54) is 0 Å². The van der Waals surface area contributed by atoms with E-state index in [9.17, 15) is 0 Å². The molecule has 106 valence electrons. The third kappa shape index (κ3) is 2.56. The minimum Gasteiger partial charge on any atom is -0.354 e. The molecule has 20 heavy (non-hydrogen) atoms. The minimum absolute atomic E-state index is 0.316. The molecule has 0 spiro atoms. The van der Waals surface area contributed by atoms with Crippen molar-refractivity contribution in [3.05, 3.63) is 18.5 Å². The number of nitrogens with one attached hydrogen (secondary N) is 2. The first kappa shape index (κ1) is 12.8. The Morgan fingerprint density at radius 1 is 1.30 bits per heavy atom. The maximum atomic E-state index is 4.43. The Morgan fingerprint density at radius 2 is 2.05 bits per heavy atom. The fourth-order valence-corrected chi connectivity index (χ4v) is 2.03. The summed E-state index contributed by atoms with van der Waals surface area (Å²) in [5, 5.41) is 10.6. The molecule has 7 nitrogen and oxygen atoms in total. The summed E-state index contributed by atoms with van der Waals surface area (Å²) in [5.74, 6) is 1.67. The Bertz CT molecular complexity index is 591. The van der Waals surface area contributed by atoms with Crippen molar-refractivity contribution in [3.63, 3.8) is 0 Å². The van der Waals surface area contributed by atoms with Crippen LogP contribution in [0.4, 0.5) is 11.9 Å². The van der Waals surface area contributed by atoms with Crippen molar-refractivity contribution >= 4 is 11.9 Å². The predicted octanol–water partition coefficient (Wildman–Crippen LogP) is 1.70. The molecule has 1 saturated carbocycles. The third-order valence-corrected chi connectivity index (χ3v) is 3.48. The number of hydrogen-bond donors (Lipinski definition) is 2. The van der Waals surface area contributed by atoms with Crippen LogP contribution in [0.2, 0.25) is 0 Å². The van der Waals surface area contributed by atoms with Crippen LogP contribution in [-0.4, -0.2) is 37.3 Å². The van der Waals surface area contributed by atoms with Gasteiger partial charge in [-0.25, -0.2) is 4.68 Å². The molecule has 0 aliphatic heterocycles. The number of aromatic nitrogens is 5. The lowest BCUT2D eigenvalue weighted by molar-refractivity contribution is 0.628. The standard InChI is InChI=1S/C13H19N7/c1-4-14-10-17-11(16-9-8-13(9,2)3)19-12(18-10)20-7-5-6-15-20/h5-7,9H,4,8H2,1-3H3,(H2,14,16,17,18,19). The van der Waals surface area contributed by atoms with Gasteiger partial charge in [-0.05, 0) is 24.8 Å². The zero-order valence-corrected chi connectivity index (χ0v) is 12.0. The van der Waals surface area contributed by atoms with Crippen LogP contribution in [0.15, 0.2) is 18.5 Å². The van der Waals surface area contributed by atoms with E-state index in [2.05, 4.69) is 44.5 Å². The van der Waals surface area contributed by atoms with Gasteiger partial charge in [-0.2, -0.15) is 20.1 Å². The smallest absolute Gasteiger partial charge is 0.257 e. The molecule has 1 aliphatic carbocycles. The Morgan fingerprint density at radius 3 is 2.65 bits per heavy atom. The summed E-state index contributed by atoms with van der Waals surface area (Å²) in [6.45, 7) is 7.22. The third-order valence-electron chi connectivity index (χ3n) is 3.48. The molecule has 2 N–H and O–H groups in total. The van der Waals surface area contributed by atoms with Gasteiger partial charge < -0.3 is 10.6 Å². The summed E-state index contributed by atoms with van der Waals surface area (Å²) in [6, 6.07) is 2.26. The summed E-state index contributed by atoms with van der Waals surface area (Å²) in [6.07, 6.45) is 4.65. The van der Waals surface area contributed by atoms with Crippen LogP contribution in [0.25, 0.3) is 5.95 Å². The van der Waals surface area contributed by atoms with Gasteiger partial charge in [-0.1, -0.05) is 13.8 Å². The average Bonchev–Trinajstić information content (AvgIpc) is 2.83. The Hall–Kier alpha value is -2.18. The van der Waals surface area contributed by atoms with Crippen molar-refractivity contribution in [2.45, 2.75) is 33.2 Å². The first-order chi connectivity index (χ1) is 9.58. The van der Waals surface area contributed by atoms with E-state index in [0.29, 0.717) is 29.3 Å². The maximum Gasteiger partial charge on any atom is 0.257 e. The lowest BCUT2D eigenvalue weighted by atomic mass is 10.2. The van der Waals surface area contributed by atoms with Gasteiger partial charge in [0.15, 0.2) is 0 Å². The van der Waals surface area contributed by atoms with E-state index in [-0.39, 0.29) is 0 Å². The number of nitrogens with zero attached hydrogens (tertiary/aromatic N) is 5. The quantitative estimate of drug-likeness (QED) is 0.863. The fraction of sp³-hybridized carbons (Fsp3) is 0.538. The summed E-state index contributed by atoms with van der Waals surface area (Å²) in [5.41, 5.74) is 0.316. The normalized spacial score (nSPS) is 19.6. The lowest BCUT2D eigenvalue weighted by Gasteiger charge is -2.10. The van der Waals surface area contributed by atoms with Crippen LogP contribution in [0.1, 0.15) is 27.2 Å². The van der Waals surface area contributed by atoms with Gasteiger partial charge in [-0.3, -0.25) is 0 Å². The highest BCUT2D eigenvalue weighted by atomic mass is 15.4. The second kappa shape index (κ2) is 4.73. The number of rotatable bonds is 5. The summed E-state index contributed by atoms with van der Waals surface area (Å²) in [4.78, 5) is 13.2. The molecule has 7 heteroatoms. The second-order valence-corrected chi connectivity index (χ2v) is 5.65. The fourth-order valence-electron chi connectivity index (χ4n) is 2.03. The van der Waals surface area contributed by atoms with Crippen molar-refractivity contribution in [2.75, 3.05) is 17.2 Å². The molecule has 2 aromatic rings. The van der Waals surface area contributed by atoms with Crippen LogP contribution >= 0.6 is 0 Å². The zero-order chi connectivity index (χ0) is 14.2. The first-order valence-corrected chi connectivity index (χ1v) is 6.85. The van der Waals surface area contributed by atoms with Crippen LogP contribution < -0.4 is 10.6 Å². The van der Waals surface area contributed by atoms with E-state index in [0.717, 1.165) is 13.0 Å². The molecular formula is C13H19N7. The largest absolute Gasteiger partial charge is 0.354 e. The topological polar surface area (TPSA) is 80.5 Å². The monoisotopic (exact) mass is 273 g/mol. The van der Waals surface area contributed by atoms with Crippen molar-refractivity contribution in [2.24, 2.45) is 5.41 Å². The van der Waals surface area contributed by atoms with Crippen LogP contribution in [0, 0.1) is 5.41 Å². The first-order valence-electron chi connectivity index (χ1n) is 6.85. The minimum atomic E-state index is 0.316. The summed E-state index contributed by atoms with van der Waals surface area (Å²) in [7, 11) is 0. The highest BCUT2D eigenvalue weighted by Gasteiger charge is 2.46. The number of hydrogen-bond acceptors (Lipinski definition) is 6. The summed E-state index contributed by atoms with van der Waals surface area (Å²) >= 11 is 0. The van der Waals surface area contributed by atoms with Gasteiger partial charge in [0, 0.05) is 25.0 Å². The van der Waals surface area contributed by atoms with E-state index in [1.807, 2.05) is 19.2 Å². The highest BCUT2D eigenvalue weighted by Crippen LogP contribution is 2.46. The van der Waals surface area contributed by atoms with Crippen molar-refractivity contribution < 1.29 is 0 Å². The molecule has 0 bridgehead atoms. The van der Waals surface area contributed by atoms with E-state index < -0.39 is 0 Å². The van der Waals surface area contributed by atoms with Crippen LogP contribution in [0.5, 0.6) is 0 Å². The zero-order valence-electron chi connectivity index (χ0n) is 12.0. The van der Waals surface area contributed by atoms with Gasteiger partial charge in [0.25, 0.3) is 5.95 Å². The average molecular weight is 273 g/mol. The maximum absolute atomic E-state index is 4.43. The molecule has 1 fully saturated rings. The molecular weight excluding hydrogens is 254 g/mol. The molecule has 0 amide bonds.